The predicted molar refractivity (Wildman–Crippen MR) is 62.3 cm³/mol. The SMILES string of the molecule is O=C(OCC1CO1)C1CCCC(OC(=O)C2CO2)C1. The van der Waals surface area contributed by atoms with Gasteiger partial charge in [0, 0.05) is 0 Å². The van der Waals surface area contributed by atoms with Gasteiger partial charge in [0.2, 0.25) is 0 Å². The van der Waals surface area contributed by atoms with Crippen molar-refractivity contribution < 1.29 is 28.5 Å². The second-order valence-electron chi connectivity index (χ2n) is 5.33. The molecule has 0 N–H and O–H groups in total. The lowest BCUT2D eigenvalue weighted by Crippen LogP contribution is -2.32. The van der Waals surface area contributed by atoms with Crippen LogP contribution in [0.4, 0.5) is 0 Å². The van der Waals surface area contributed by atoms with Gasteiger partial charge in [-0.15, -0.1) is 0 Å². The van der Waals surface area contributed by atoms with Crippen molar-refractivity contribution in [3.8, 4) is 0 Å². The van der Waals surface area contributed by atoms with Crippen LogP contribution in [0.1, 0.15) is 25.7 Å². The van der Waals surface area contributed by atoms with E-state index in [1.165, 1.54) is 0 Å². The molecule has 0 spiro atoms. The molecule has 3 fully saturated rings. The molecule has 3 rings (SSSR count). The average Bonchev–Trinajstić information content (AvgIpc) is 3.30. The van der Waals surface area contributed by atoms with Gasteiger partial charge in [-0.2, -0.15) is 0 Å². The van der Waals surface area contributed by atoms with Crippen molar-refractivity contribution in [2.75, 3.05) is 19.8 Å². The molecule has 19 heavy (non-hydrogen) atoms. The zero-order chi connectivity index (χ0) is 13.2. The Balaban J connectivity index is 1.43. The molecule has 0 amide bonds. The van der Waals surface area contributed by atoms with E-state index in [0.717, 1.165) is 19.3 Å². The highest BCUT2D eigenvalue weighted by molar-refractivity contribution is 5.77. The van der Waals surface area contributed by atoms with Crippen LogP contribution in [0.15, 0.2) is 0 Å². The first-order valence-corrected chi connectivity index (χ1v) is 6.82. The highest BCUT2D eigenvalue weighted by Gasteiger charge is 2.37. The third kappa shape index (κ3) is 3.67. The third-order valence-corrected chi connectivity index (χ3v) is 3.65. The van der Waals surface area contributed by atoms with E-state index < -0.39 is 0 Å². The van der Waals surface area contributed by atoms with E-state index in [2.05, 4.69) is 0 Å². The molecule has 6 heteroatoms. The summed E-state index contributed by atoms with van der Waals surface area (Å²) in [7, 11) is 0. The second kappa shape index (κ2) is 5.46. The van der Waals surface area contributed by atoms with Crippen LogP contribution in [-0.4, -0.2) is 50.1 Å². The lowest BCUT2D eigenvalue weighted by molar-refractivity contribution is -0.159. The largest absolute Gasteiger partial charge is 0.463 e. The maximum atomic E-state index is 11.9. The topological polar surface area (TPSA) is 77.7 Å². The molecule has 1 saturated carbocycles. The fourth-order valence-corrected chi connectivity index (χ4v) is 2.35. The summed E-state index contributed by atoms with van der Waals surface area (Å²) >= 11 is 0. The molecule has 4 unspecified atom stereocenters. The molecule has 0 aromatic heterocycles. The Bertz CT molecular complexity index is 360. The summed E-state index contributed by atoms with van der Waals surface area (Å²) in [5.41, 5.74) is 0. The number of carbonyl (C=O) groups excluding carboxylic acids is 2. The molecule has 2 aliphatic heterocycles. The van der Waals surface area contributed by atoms with E-state index in [0.29, 0.717) is 26.2 Å². The van der Waals surface area contributed by atoms with Gasteiger partial charge < -0.3 is 18.9 Å². The molecule has 0 radical (unpaired) electrons. The first-order valence-electron chi connectivity index (χ1n) is 6.82. The van der Waals surface area contributed by atoms with Crippen molar-refractivity contribution in [2.45, 2.75) is 44.0 Å². The molecular formula is C13H18O6. The minimum atomic E-state index is -0.376. The van der Waals surface area contributed by atoms with Gasteiger partial charge >= 0.3 is 11.9 Å². The molecule has 2 heterocycles. The van der Waals surface area contributed by atoms with E-state index in [1.807, 2.05) is 0 Å². The molecule has 3 aliphatic rings. The molecule has 1 aliphatic carbocycles. The Morgan fingerprint density at radius 1 is 1.11 bits per heavy atom. The number of carbonyl (C=O) groups is 2. The Hall–Kier alpha value is -1.14. The Morgan fingerprint density at radius 2 is 1.89 bits per heavy atom. The summed E-state index contributed by atoms with van der Waals surface area (Å²) in [6, 6.07) is 0. The molecule has 106 valence electrons. The van der Waals surface area contributed by atoms with E-state index in [9.17, 15) is 9.59 Å². The number of esters is 2. The first kappa shape index (κ1) is 12.9. The van der Waals surface area contributed by atoms with Gasteiger partial charge in [0.05, 0.1) is 19.1 Å². The van der Waals surface area contributed by atoms with Gasteiger partial charge in [0.25, 0.3) is 0 Å². The summed E-state index contributed by atoms with van der Waals surface area (Å²) in [4.78, 5) is 23.4. The average molecular weight is 270 g/mol. The molecule has 4 atom stereocenters. The van der Waals surface area contributed by atoms with Crippen LogP contribution >= 0.6 is 0 Å². The Morgan fingerprint density at radius 3 is 2.58 bits per heavy atom. The minimum absolute atomic E-state index is 0.0909. The molecular weight excluding hydrogens is 252 g/mol. The van der Waals surface area contributed by atoms with Crippen molar-refractivity contribution in [2.24, 2.45) is 5.92 Å². The molecule has 0 aromatic carbocycles. The summed E-state index contributed by atoms with van der Waals surface area (Å²) in [6.45, 7) is 1.48. The van der Waals surface area contributed by atoms with Crippen LogP contribution in [0.2, 0.25) is 0 Å². The summed E-state index contributed by atoms with van der Waals surface area (Å²) in [5.74, 6) is -0.658. The first-order chi connectivity index (χ1) is 9.22. The Kier molecular flexibility index (Phi) is 3.70. The van der Waals surface area contributed by atoms with Crippen LogP contribution in [0.25, 0.3) is 0 Å². The van der Waals surface area contributed by atoms with Crippen LogP contribution in [0.5, 0.6) is 0 Å². The molecule has 6 nitrogen and oxygen atoms in total. The van der Waals surface area contributed by atoms with E-state index in [-0.39, 0.29) is 36.2 Å². The number of ether oxygens (including phenoxy) is 4. The van der Waals surface area contributed by atoms with Crippen molar-refractivity contribution in [3.63, 3.8) is 0 Å². The van der Waals surface area contributed by atoms with E-state index in [4.69, 9.17) is 18.9 Å². The number of epoxide rings is 2. The predicted octanol–water partition coefficient (Wildman–Crippen LogP) is 0.429. The molecule has 0 bridgehead atoms. The maximum Gasteiger partial charge on any atom is 0.337 e. The van der Waals surface area contributed by atoms with Gasteiger partial charge in [-0.1, -0.05) is 0 Å². The van der Waals surface area contributed by atoms with Gasteiger partial charge in [0.1, 0.15) is 18.8 Å². The van der Waals surface area contributed by atoms with Crippen molar-refractivity contribution in [1.29, 1.82) is 0 Å². The van der Waals surface area contributed by atoms with Gasteiger partial charge in [-0.3, -0.25) is 4.79 Å². The summed E-state index contributed by atoms with van der Waals surface area (Å²) in [5, 5.41) is 0. The third-order valence-electron chi connectivity index (χ3n) is 3.65. The summed E-state index contributed by atoms with van der Waals surface area (Å²) < 4.78 is 20.4. The normalized spacial score (nSPS) is 36.4. The zero-order valence-electron chi connectivity index (χ0n) is 10.7. The Labute approximate surface area is 111 Å². The monoisotopic (exact) mass is 270 g/mol. The van der Waals surface area contributed by atoms with Crippen LogP contribution < -0.4 is 0 Å². The minimum Gasteiger partial charge on any atom is -0.463 e. The number of hydrogen-bond acceptors (Lipinski definition) is 6. The fraction of sp³-hybridized carbons (Fsp3) is 0.846. The van der Waals surface area contributed by atoms with E-state index in [1.54, 1.807) is 0 Å². The fourth-order valence-electron chi connectivity index (χ4n) is 2.35. The number of hydrogen-bond donors (Lipinski definition) is 0. The highest BCUT2D eigenvalue weighted by atomic mass is 16.6. The van der Waals surface area contributed by atoms with Crippen molar-refractivity contribution in [1.82, 2.24) is 0 Å². The van der Waals surface area contributed by atoms with Crippen LogP contribution in [-0.2, 0) is 28.5 Å². The van der Waals surface area contributed by atoms with Crippen LogP contribution in [0.3, 0.4) is 0 Å². The van der Waals surface area contributed by atoms with Gasteiger partial charge in [-0.05, 0) is 25.7 Å². The van der Waals surface area contributed by atoms with Crippen molar-refractivity contribution >= 4 is 11.9 Å². The summed E-state index contributed by atoms with van der Waals surface area (Å²) in [6.07, 6.45) is 2.59. The maximum absolute atomic E-state index is 11.9. The van der Waals surface area contributed by atoms with Gasteiger partial charge in [-0.25, -0.2) is 4.79 Å². The lowest BCUT2D eigenvalue weighted by atomic mass is 9.87. The van der Waals surface area contributed by atoms with Crippen LogP contribution in [0, 0.1) is 5.92 Å². The standard InChI is InChI=1S/C13H18O6/c14-12(18-6-10-5-16-10)8-2-1-3-9(4-8)19-13(15)11-7-17-11/h8-11H,1-7H2. The molecule has 2 saturated heterocycles. The highest BCUT2D eigenvalue weighted by Crippen LogP contribution is 2.28. The number of rotatable bonds is 5. The quantitative estimate of drug-likeness (QED) is 0.532. The van der Waals surface area contributed by atoms with Gasteiger partial charge in [0.15, 0.2) is 6.10 Å². The lowest BCUT2D eigenvalue weighted by Gasteiger charge is -2.27. The molecule has 0 aromatic rings. The van der Waals surface area contributed by atoms with Crippen molar-refractivity contribution in [3.05, 3.63) is 0 Å². The second-order valence-corrected chi connectivity index (χ2v) is 5.33. The van der Waals surface area contributed by atoms with E-state index >= 15 is 0 Å². The smallest absolute Gasteiger partial charge is 0.337 e. The zero-order valence-corrected chi connectivity index (χ0v) is 10.7.